The molecule has 0 fully saturated rings. The summed E-state index contributed by atoms with van der Waals surface area (Å²) in [5.74, 6) is 0. The van der Waals surface area contributed by atoms with E-state index < -0.39 is 10.0 Å². The van der Waals surface area contributed by atoms with Gasteiger partial charge in [-0.05, 0) is 46.6 Å². The summed E-state index contributed by atoms with van der Waals surface area (Å²) in [6.45, 7) is 1.76. The molecule has 1 aromatic heterocycles. The van der Waals surface area contributed by atoms with Gasteiger partial charge in [0.2, 0.25) is 0 Å². The molecule has 0 radical (unpaired) electrons. The summed E-state index contributed by atoms with van der Waals surface area (Å²) in [5, 5.41) is 9.20. The van der Waals surface area contributed by atoms with Crippen molar-refractivity contribution in [2.45, 2.75) is 11.1 Å². The van der Waals surface area contributed by atoms with Crippen LogP contribution in [0, 0.1) is 18.3 Å². The number of aryl methyl sites for hydroxylation is 1. The minimum atomic E-state index is -3.72. The maximum Gasteiger partial charge on any atom is 0.271 e. The van der Waals surface area contributed by atoms with Gasteiger partial charge in [-0.3, -0.25) is 4.72 Å². The number of nitrogens with one attached hydrogen (secondary N) is 1. The lowest BCUT2D eigenvalue weighted by molar-refractivity contribution is 0.603. The van der Waals surface area contributed by atoms with E-state index in [1.807, 2.05) is 6.07 Å². The number of benzene rings is 1. The normalized spacial score (nSPS) is 11.1. The van der Waals surface area contributed by atoms with Gasteiger partial charge in [-0.2, -0.15) is 5.26 Å². The van der Waals surface area contributed by atoms with Gasteiger partial charge in [0.25, 0.3) is 10.0 Å². The number of rotatable bonds is 3. The van der Waals surface area contributed by atoms with Crippen molar-refractivity contribution in [1.29, 1.82) is 5.26 Å². The molecule has 20 heavy (non-hydrogen) atoms. The first kappa shape index (κ1) is 15.3. The zero-order valence-corrected chi connectivity index (χ0v) is 14.1. The van der Waals surface area contributed by atoms with Gasteiger partial charge in [-0.25, -0.2) is 8.42 Å². The smallest absolute Gasteiger partial charge is 0.271 e. The van der Waals surface area contributed by atoms with Crippen LogP contribution in [0.1, 0.15) is 11.1 Å². The Hall–Kier alpha value is -1.07. The molecular formula is C12H8BrClN2O2S2. The molecule has 1 aromatic carbocycles. The SMILES string of the molecule is Cc1ccc(C#N)cc1NS(=O)(=O)c1cc(Cl)c(Br)s1. The highest BCUT2D eigenvalue weighted by Crippen LogP contribution is 2.35. The summed E-state index contributed by atoms with van der Waals surface area (Å²) in [4.78, 5) is 0. The standard InChI is InChI=1S/C12H8BrClN2O2S2/c1-7-2-3-8(6-15)4-10(7)16-20(17,18)11-5-9(14)12(13)19-11/h2-5,16H,1H3. The lowest BCUT2D eigenvalue weighted by atomic mass is 10.1. The van der Waals surface area contributed by atoms with E-state index in [0.717, 1.165) is 16.9 Å². The van der Waals surface area contributed by atoms with Crippen LogP contribution in [0.15, 0.2) is 32.3 Å². The fourth-order valence-corrected chi connectivity index (χ4v) is 4.98. The quantitative estimate of drug-likeness (QED) is 0.854. The third-order valence-corrected chi connectivity index (χ3v) is 6.81. The van der Waals surface area contributed by atoms with E-state index in [9.17, 15) is 8.42 Å². The van der Waals surface area contributed by atoms with Crippen LogP contribution < -0.4 is 4.72 Å². The van der Waals surface area contributed by atoms with Crippen LogP contribution in [0.2, 0.25) is 5.02 Å². The molecule has 0 saturated carbocycles. The van der Waals surface area contributed by atoms with Crippen molar-refractivity contribution < 1.29 is 8.42 Å². The van der Waals surface area contributed by atoms with E-state index in [1.165, 1.54) is 12.1 Å². The van der Waals surface area contributed by atoms with Crippen molar-refractivity contribution in [3.8, 4) is 6.07 Å². The van der Waals surface area contributed by atoms with Crippen molar-refractivity contribution >= 4 is 54.6 Å². The number of halogens is 2. The van der Waals surface area contributed by atoms with Gasteiger partial charge < -0.3 is 0 Å². The predicted octanol–water partition coefficient (Wildman–Crippen LogP) is 4.14. The molecule has 0 aliphatic carbocycles. The molecule has 2 rings (SSSR count). The van der Waals surface area contributed by atoms with E-state index in [2.05, 4.69) is 20.7 Å². The highest BCUT2D eigenvalue weighted by molar-refractivity contribution is 9.11. The van der Waals surface area contributed by atoms with Gasteiger partial charge in [0.1, 0.15) is 4.21 Å². The molecule has 0 amide bonds. The maximum absolute atomic E-state index is 12.3. The summed E-state index contributed by atoms with van der Waals surface area (Å²) in [7, 11) is -3.72. The fourth-order valence-electron chi connectivity index (χ4n) is 1.46. The molecule has 0 bridgehead atoms. The third kappa shape index (κ3) is 3.15. The van der Waals surface area contributed by atoms with Crippen molar-refractivity contribution in [2.75, 3.05) is 4.72 Å². The Morgan fingerprint density at radius 2 is 2.10 bits per heavy atom. The Kier molecular flexibility index (Phi) is 4.39. The molecule has 104 valence electrons. The second-order valence-corrected chi connectivity index (χ2v) is 8.62. The van der Waals surface area contributed by atoms with Crippen LogP contribution in [0.5, 0.6) is 0 Å². The molecule has 8 heteroatoms. The molecule has 0 spiro atoms. The summed E-state index contributed by atoms with van der Waals surface area (Å²) in [6.07, 6.45) is 0. The number of anilines is 1. The minimum Gasteiger partial charge on any atom is -0.279 e. The van der Waals surface area contributed by atoms with Gasteiger partial charge in [0, 0.05) is 0 Å². The van der Waals surface area contributed by atoms with Gasteiger partial charge >= 0.3 is 0 Å². The van der Waals surface area contributed by atoms with E-state index in [1.54, 1.807) is 19.1 Å². The maximum atomic E-state index is 12.3. The van der Waals surface area contributed by atoms with Crippen molar-refractivity contribution in [1.82, 2.24) is 0 Å². The average Bonchev–Trinajstić information content (AvgIpc) is 2.73. The number of hydrogen-bond donors (Lipinski definition) is 1. The van der Waals surface area contributed by atoms with Crippen LogP contribution in [-0.2, 0) is 10.0 Å². The van der Waals surface area contributed by atoms with Crippen molar-refractivity contribution in [3.05, 3.63) is 44.2 Å². The van der Waals surface area contributed by atoms with E-state index >= 15 is 0 Å². The number of thiophene rings is 1. The zero-order chi connectivity index (χ0) is 14.9. The lowest BCUT2D eigenvalue weighted by Gasteiger charge is -2.09. The first-order valence-corrected chi connectivity index (χ1v) is 8.79. The number of nitrogens with zero attached hydrogens (tertiary/aromatic N) is 1. The molecule has 1 N–H and O–H groups in total. The second kappa shape index (κ2) is 5.74. The molecule has 2 aromatic rings. The Balaban J connectivity index is 2.41. The third-order valence-electron chi connectivity index (χ3n) is 2.50. The van der Waals surface area contributed by atoms with Crippen molar-refractivity contribution in [2.24, 2.45) is 0 Å². The van der Waals surface area contributed by atoms with Crippen LogP contribution in [-0.4, -0.2) is 8.42 Å². The molecule has 0 aliphatic rings. The molecular weight excluding hydrogens is 384 g/mol. The molecule has 0 aliphatic heterocycles. The number of sulfonamides is 1. The Bertz CT molecular complexity index is 790. The Morgan fingerprint density at radius 3 is 2.65 bits per heavy atom. The Morgan fingerprint density at radius 1 is 1.40 bits per heavy atom. The highest BCUT2D eigenvalue weighted by atomic mass is 79.9. The first-order chi connectivity index (χ1) is 9.33. The number of nitriles is 1. The van der Waals surface area contributed by atoms with Crippen LogP contribution >= 0.6 is 38.9 Å². The van der Waals surface area contributed by atoms with Crippen LogP contribution in [0.4, 0.5) is 5.69 Å². The molecule has 0 atom stereocenters. The molecule has 0 saturated heterocycles. The summed E-state index contributed by atoms with van der Waals surface area (Å²) in [5.41, 5.74) is 1.50. The topological polar surface area (TPSA) is 70.0 Å². The van der Waals surface area contributed by atoms with E-state index in [-0.39, 0.29) is 4.21 Å². The second-order valence-electron chi connectivity index (χ2n) is 3.93. The Labute approximate surface area is 134 Å². The van der Waals surface area contributed by atoms with Crippen LogP contribution in [0.3, 0.4) is 0 Å². The van der Waals surface area contributed by atoms with Gasteiger partial charge in [-0.1, -0.05) is 17.7 Å². The minimum absolute atomic E-state index is 0.108. The van der Waals surface area contributed by atoms with E-state index in [0.29, 0.717) is 20.1 Å². The molecule has 0 unspecified atom stereocenters. The zero-order valence-electron chi connectivity index (χ0n) is 10.1. The van der Waals surface area contributed by atoms with Crippen LogP contribution in [0.25, 0.3) is 0 Å². The molecule has 1 heterocycles. The summed E-state index contributed by atoms with van der Waals surface area (Å²) in [6, 6.07) is 8.17. The first-order valence-electron chi connectivity index (χ1n) is 5.32. The summed E-state index contributed by atoms with van der Waals surface area (Å²) >= 11 is 10.1. The van der Waals surface area contributed by atoms with E-state index in [4.69, 9.17) is 16.9 Å². The van der Waals surface area contributed by atoms with Crippen molar-refractivity contribution in [3.63, 3.8) is 0 Å². The monoisotopic (exact) mass is 390 g/mol. The average molecular weight is 392 g/mol. The summed E-state index contributed by atoms with van der Waals surface area (Å²) < 4.78 is 27.6. The van der Waals surface area contributed by atoms with Gasteiger partial charge in [-0.15, -0.1) is 11.3 Å². The predicted molar refractivity (Wildman–Crippen MR) is 83.7 cm³/mol. The number of hydrogen-bond acceptors (Lipinski definition) is 4. The van der Waals surface area contributed by atoms with Gasteiger partial charge in [0.15, 0.2) is 0 Å². The molecule has 4 nitrogen and oxygen atoms in total. The lowest BCUT2D eigenvalue weighted by Crippen LogP contribution is -2.12. The highest BCUT2D eigenvalue weighted by Gasteiger charge is 2.20. The fraction of sp³-hybridized carbons (Fsp3) is 0.0833. The van der Waals surface area contributed by atoms with Gasteiger partial charge in [0.05, 0.1) is 26.1 Å². The largest absolute Gasteiger partial charge is 0.279 e.